The zero-order chi connectivity index (χ0) is 59.4. The number of aliphatic hydroxyl groups is 2. The predicted octanol–water partition coefficient (Wildman–Crippen LogP) is 7.32. The molecule has 0 saturated heterocycles. The molecule has 82 heavy (non-hydrogen) atoms. The van der Waals surface area contributed by atoms with Gasteiger partial charge in [0.2, 0.25) is 0 Å². The summed E-state index contributed by atoms with van der Waals surface area (Å²) in [6.45, 7) is 16.1. The van der Waals surface area contributed by atoms with Gasteiger partial charge in [-0.15, -0.1) is 0 Å². The smallest absolute Gasteiger partial charge is 0.416 e. The second-order valence-corrected chi connectivity index (χ2v) is 20.5. The predicted molar refractivity (Wildman–Crippen MR) is 302 cm³/mol. The second-order valence-electron chi connectivity index (χ2n) is 20.5. The Morgan fingerprint density at radius 1 is 0.683 bits per heavy atom. The van der Waals surface area contributed by atoms with Gasteiger partial charge in [0.15, 0.2) is 47.0 Å². The van der Waals surface area contributed by atoms with Crippen LogP contribution in [0.25, 0.3) is 0 Å². The van der Waals surface area contributed by atoms with Crippen molar-refractivity contribution in [1.29, 1.82) is 0 Å². The lowest BCUT2D eigenvalue weighted by molar-refractivity contribution is -0.129. The number of carbonyl (C=O) groups is 7. The van der Waals surface area contributed by atoms with E-state index in [2.05, 4.69) is 29.1 Å². The van der Waals surface area contributed by atoms with Crippen LogP contribution >= 0.6 is 0 Å². The molecular formula is C59H73N7O16. The summed E-state index contributed by atoms with van der Waals surface area (Å²) in [5.74, 6) is -1.05. The topological polar surface area (TPSA) is 274 Å². The van der Waals surface area contributed by atoms with Gasteiger partial charge in [-0.1, -0.05) is 62.4 Å². The molecule has 23 heteroatoms. The van der Waals surface area contributed by atoms with Gasteiger partial charge in [-0.2, -0.15) is 0 Å². The molecule has 0 bridgehead atoms. The van der Waals surface area contributed by atoms with Gasteiger partial charge >= 0.3 is 18.3 Å². The van der Waals surface area contributed by atoms with Crippen molar-refractivity contribution in [2.24, 2.45) is 5.92 Å². The quantitative estimate of drug-likeness (QED) is 0.0173. The van der Waals surface area contributed by atoms with Gasteiger partial charge in [0, 0.05) is 30.2 Å². The van der Waals surface area contributed by atoms with E-state index in [4.69, 9.17) is 33.2 Å². The second kappa shape index (κ2) is 27.8. The fourth-order valence-corrected chi connectivity index (χ4v) is 9.90. The molecule has 3 aromatic rings. The van der Waals surface area contributed by atoms with Crippen molar-refractivity contribution in [2.45, 2.75) is 116 Å². The largest absolute Gasteiger partial charge is 0.493 e. The van der Waals surface area contributed by atoms with Crippen molar-refractivity contribution in [1.82, 2.24) is 20.4 Å². The van der Waals surface area contributed by atoms with Gasteiger partial charge < -0.3 is 63.8 Å². The van der Waals surface area contributed by atoms with Gasteiger partial charge in [0.1, 0.15) is 19.8 Å². The number of ketones is 2. The molecule has 0 radical (unpaired) electrons. The summed E-state index contributed by atoms with van der Waals surface area (Å²) in [4.78, 5) is 98.6. The summed E-state index contributed by atoms with van der Waals surface area (Å²) in [5.41, 5.74) is 3.31. The van der Waals surface area contributed by atoms with Crippen LogP contribution in [0.4, 0.5) is 31.4 Å². The van der Waals surface area contributed by atoms with E-state index in [1.54, 1.807) is 57.4 Å². The Kier molecular flexibility index (Phi) is 20.8. The van der Waals surface area contributed by atoms with E-state index in [0.29, 0.717) is 43.4 Å². The lowest BCUT2D eigenvalue weighted by Gasteiger charge is -2.31. The number of nitrogens with one attached hydrogen (secondary N) is 3. The molecule has 440 valence electrons. The number of rotatable bonds is 26. The lowest BCUT2D eigenvalue weighted by atomic mass is 9.95. The Balaban J connectivity index is 0.953. The summed E-state index contributed by atoms with van der Waals surface area (Å²) in [7, 11) is 2.86. The fraction of sp³-hybridized carbons (Fsp3) is 0.441. The van der Waals surface area contributed by atoms with Gasteiger partial charge in [0.25, 0.3) is 11.8 Å². The summed E-state index contributed by atoms with van der Waals surface area (Å²) in [5, 5.41) is 32.2. The molecule has 23 nitrogen and oxygen atoms in total. The fourth-order valence-electron chi connectivity index (χ4n) is 9.90. The highest BCUT2D eigenvalue weighted by Crippen LogP contribution is 2.44. The van der Waals surface area contributed by atoms with Crippen LogP contribution in [0, 0.1) is 5.92 Å². The number of methoxy groups -OCH3 is 2. The van der Waals surface area contributed by atoms with Crippen LogP contribution in [0.5, 0.6) is 23.0 Å². The highest BCUT2D eigenvalue weighted by atomic mass is 16.6. The summed E-state index contributed by atoms with van der Waals surface area (Å²) in [6.07, 6.45) is 2.52. The highest BCUT2D eigenvalue weighted by Gasteiger charge is 2.47. The number of amides is 5. The van der Waals surface area contributed by atoms with Crippen LogP contribution in [-0.2, 0) is 30.4 Å². The maximum absolute atomic E-state index is 14.2. The molecule has 0 unspecified atom stereocenters. The zero-order valence-corrected chi connectivity index (χ0v) is 47.3. The van der Waals surface area contributed by atoms with E-state index in [0.717, 1.165) is 20.9 Å². The van der Waals surface area contributed by atoms with Crippen LogP contribution in [0.2, 0.25) is 0 Å². The van der Waals surface area contributed by atoms with E-state index >= 15 is 0 Å². The molecule has 4 aliphatic heterocycles. The van der Waals surface area contributed by atoms with Crippen LogP contribution in [0.15, 0.2) is 97.4 Å². The Morgan fingerprint density at radius 3 is 1.67 bits per heavy atom. The normalized spacial score (nSPS) is 18.7. The molecular weight excluding hydrogens is 1060 g/mol. The Labute approximate surface area is 476 Å². The first-order chi connectivity index (χ1) is 39.3. The maximum Gasteiger partial charge on any atom is 0.416 e. The SMILES string of the molecule is C=CCOC(=O)N[C@H](C(=O)CC(=O)[C@H](C)NCNc1ccc(COC(=O)N2c3cc(OCCCCCOc4cc5c(cc4OC)C(=O)N4C=C(C)C[C@H]4[C@H](O)N5C(=O)OCC=C)c(OC)cc3C(=O)N3C=C(C)C[C@H]3[C@@H]2O)cc1)C(C)C. The third kappa shape index (κ3) is 14.2. The van der Waals surface area contributed by atoms with Crippen LogP contribution in [0.1, 0.15) is 99.4 Å². The van der Waals surface area contributed by atoms with Gasteiger partial charge in [-0.25, -0.2) is 24.2 Å². The molecule has 0 saturated carbocycles. The summed E-state index contributed by atoms with van der Waals surface area (Å²) >= 11 is 0. The maximum atomic E-state index is 14.2. The minimum Gasteiger partial charge on any atom is -0.493 e. The number of Topliss-reactive ketones (excluding diaryl/α,β-unsaturated/α-hetero) is 2. The minimum absolute atomic E-state index is 0.0202. The summed E-state index contributed by atoms with van der Waals surface area (Å²) < 4.78 is 39.8. The molecule has 0 aromatic heterocycles. The lowest BCUT2D eigenvalue weighted by Crippen LogP contribution is -2.50. The number of fused-ring (bicyclic) bond motifs is 4. The van der Waals surface area contributed by atoms with Crippen LogP contribution in [0.3, 0.4) is 0 Å². The zero-order valence-electron chi connectivity index (χ0n) is 47.3. The standard InChI is InChI=1S/C59H73N7O16/c1-10-19-80-57(73)62-52(34(3)4)47(68)29-46(67)37(7)60-33-61-39-17-15-38(16-18-39)32-82-59(75)66-43-28-51(49(77-9)26-41(43)54(70)64-31-36(6)24-45(64)56(66)72)79-22-14-12-13-21-78-50-27-42-40(25-48(50)76-8)53(69)63-30-35(5)23-44(63)55(71)65(42)58(74)81-20-11-2/h10-11,15-18,25-28,30-31,34,37,44-45,52,55-56,60-61,71-72H,1-2,12-14,19-24,29,32-33H2,3-9H3,(H,62,73)/t37-,44-,45-,52-,55-,56-/m0/s1. The first-order valence-electron chi connectivity index (χ1n) is 27.0. The van der Waals surface area contributed by atoms with Gasteiger partial charge in [-0.3, -0.25) is 24.5 Å². The number of benzene rings is 3. The van der Waals surface area contributed by atoms with E-state index in [1.165, 1.54) is 60.4 Å². The van der Waals surface area contributed by atoms with Crippen molar-refractivity contribution in [3.8, 4) is 23.0 Å². The Bertz CT molecular complexity index is 2960. The van der Waals surface area contributed by atoms with Crippen molar-refractivity contribution in [3.05, 3.63) is 114 Å². The molecule has 3 aromatic carbocycles. The molecule has 0 aliphatic carbocycles. The number of alkyl carbamates (subject to hydrolysis) is 1. The first kappa shape index (κ1) is 61.2. The number of unbranched alkanes of at least 4 members (excludes halogenated alkanes) is 2. The molecule has 5 N–H and O–H groups in total. The highest BCUT2D eigenvalue weighted by molar-refractivity contribution is 6.08. The number of anilines is 3. The number of aliphatic hydroxyl groups excluding tert-OH is 2. The number of carbonyl (C=O) groups excluding carboxylic acids is 7. The van der Waals surface area contributed by atoms with Crippen molar-refractivity contribution in [3.63, 3.8) is 0 Å². The molecule has 6 atom stereocenters. The number of ether oxygens (including phenoxy) is 7. The number of hydrogen-bond donors (Lipinski definition) is 5. The van der Waals surface area contributed by atoms with Crippen LogP contribution in [-0.4, -0.2) is 146 Å². The Morgan fingerprint density at radius 2 is 1.18 bits per heavy atom. The third-order valence-electron chi connectivity index (χ3n) is 14.2. The first-order valence-corrected chi connectivity index (χ1v) is 27.0. The average molecular weight is 1140 g/mol. The number of hydrogen-bond acceptors (Lipinski definition) is 18. The molecule has 4 heterocycles. The molecule has 0 fully saturated rings. The number of nitrogens with zero attached hydrogens (tertiary/aromatic N) is 4. The molecule has 5 amide bonds. The van der Waals surface area contributed by atoms with Gasteiger partial charge in [-0.05, 0) is 88.6 Å². The average Bonchev–Trinajstić information content (AvgIpc) is 4.15. The molecule has 0 spiro atoms. The van der Waals surface area contributed by atoms with E-state index in [-0.39, 0.29) is 96.9 Å². The van der Waals surface area contributed by atoms with Crippen LogP contribution < -0.4 is 44.7 Å². The van der Waals surface area contributed by atoms with E-state index in [1.807, 2.05) is 13.8 Å². The van der Waals surface area contributed by atoms with E-state index < -0.39 is 78.9 Å². The van der Waals surface area contributed by atoms with Gasteiger partial charge in [0.05, 0.1) is 87.2 Å². The summed E-state index contributed by atoms with van der Waals surface area (Å²) in [6, 6.07) is 9.73. The molecule has 7 rings (SSSR count). The third-order valence-corrected chi connectivity index (χ3v) is 14.2. The van der Waals surface area contributed by atoms with E-state index in [9.17, 15) is 43.8 Å². The van der Waals surface area contributed by atoms with Crippen molar-refractivity contribution < 1.29 is 76.9 Å². The molecule has 4 aliphatic rings. The Hall–Kier alpha value is -8.41. The van der Waals surface area contributed by atoms with Crippen molar-refractivity contribution in [2.75, 3.05) is 62.4 Å². The minimum atomic E-state index is -1.52. The van der Waals surface area contributed by atoms with Crippen molar-refractivity contribution >= 4 is 58.7 Å². The monoisotopic (exact) mass is 1140 g/mol.